The Balaban J connectivity index is 2.22. The number of anilines is 3. The van der Waals surface area contributed by atoms with E-state index in [9.17, 15) is 0 Å². The minimum absolute atomic E-state index is 0.459. The number of nitrogens with one attached hydrogen (secondary N) is 2. The molecule has 1 aromatic carbocycles. The summed E-state index contributed by atoms with van der Waals surface area (Å²) < 4.78 is 5.44. The summed E-state index contributed by atoms with van der Waals surface area (Å²) in [5.41, 5.74) is 0.855. The average molecular weight is 279 g/mol. The molecule has 2 aromatic rings. The third-order valence-electron chi connectivity index (χ3n) is 2.38. The van der Waals surface area contributed by atoms with Gasteiger partial charge in [0.2, 0.25) is 5.95 Å². The van der Waals surface area contributed by atoms with Gasteiger partial charge in [0.1, 0.15) is 10.8 Å². The zero-order valence-corrected chi connectivity index (χ0v) is 11.5. The molecule has 0 saturated carbocycles. The molecule has 6 heteroatoms. The normalized spacial score (nSPS) is 10.1. The van der Waals surface area contributed by atoms with Crippen LogP contribution in [0.1, 0.15) is 6.92 Å². The van der Waals surface area contributed by atoms with Crippen LogP contribution in [-0.4, -0.2) is 23.6 Å². The summed E-state index contributed by atoms with van der Waals surface area (Å²) >= 11 is 6.06. The van der Waals surface area contributed by atoms with E-state index in [2.05, 4.69) is 20.6 Å². The highest BCUT2D eigenvalue weighted by Gasteiger charge is 2.05. The molecule has 0 aliphatic carbocycles. The molecule has 5 nitrogen and oxygen atoms in total. The summed E-state index contributed by atoms with van der Waals surface area (Å²) in [6.45, 7) is 2.57. The van der Waals surface area contributed by atoms with Crippen molar-refractivity contribution in [1.82, 2.24) is 9.97 Å². The molecule has 0 bridgehead atoms. The number of hydrogen-bond acceptors (Lipinski definition) is 5. The van der Waals surface area contributed by atoms with Gasteiger partial charge in [-0.3, -0.25) is 0 Å². The number of rotatable bonds is 5. The zero-order chi connectivity index (χ0) is 13.7. The number of ether oxygens (including phenoxy) is 1. The Morgan fingerprint density at radius 2 is 2.21 bits per heavy atom. The van der Waals surface area contributed by atoms with Crippen molar-refractivity contribution in [3.8, 4) is 5.75 Å². The van der Waals surface area contributed by atoms with Gasteiger partial charge in [-0.25, -0.2) is 4.98 Å². The molecule has 1 heterocycles. The average Bonchev–Trinajstić information content (AvgIpc) is 2.42. The molecule has 2 N–H and O–H groups in total. The summed E-state index contributed by atoms with van der Waals surface area (Å²) in [4.78, 5) is 8.28. The lowest BCUT2D eigenvalue weighted by Crippen LogP contribution is -2.01. The zero-order valence-electron chi connectivity index (χ0n) is 10.8. The largest absolute Gasteiger partial charge is 0.494 e. The Labute approximate surface area is 117 Å². The Morgan fingerprint density at radius 1 is 1.37 bits per heavy atom. The minimum atomic E-state index is 0.459. The quantitative estimate of drug-likeness (QED) is 0.879. The maximum absolute atomic E-state index is 6.06. The van der Waals surface area contributed by atoms with Crippen LogP contribution < -0.4 is 15.4 Å². The van der Waals surface area contributed by atoms with Gasteiger partial charge in [-0.15, -0.1) is 0 Å². The summed E-state index contributed by atoms with van der Waals surface area (Å²) in [6.07, 6.45) is 1.55. The van der Waals surface area contributed by atoms with Gasteiger partial charge in [-0.2, -0.15) is 4.98 Å². The van der Waals surface area contributed by atoms with Gasteiger partial charge in [-0.1, -0.05) is 17.7 Å². The Morgan fingerprint density at radius 3 is 2.95 bits per heavy atom. The fourth-order valence-corrected chi connectivity index (χ4v) is 1.68. The maximum Gasteiger partial charge on any atom is 0.224 e. The van der Waals surface area contributed by atoms with Crippen LogP contribution in [0, 0.1) is 0 Å². The molecule has 0 aliphatic heterocycles. The van der Waals surface area contributed by atoms with Gasteiger partial charge < -0.3 is 15.4 Å². The van der Waals surface area contributed by atoms with Crippen LogP contribution in [0.15, 0.2) is 30.5 Å². The number of benzene rings is 1. The summed E-state index contributed by atoms with van der Waals surface area (Å²) in [7, 11) is 1.75. The monoisotopic (exact) mass is 278 g/mol. The second kappa shape index (κ2) is 6.24. The molecule has 0 amide bonds. The third-order valence-corrected chi connectivity index (χ3v) is 2.65. The van der Waals surface area contributed by atoms with E-state index in [4.69, 9.17) is 16.3 Å². The molecule has 0 radical (unpaired) electrons. The highest BCUT2D eigenvalue weighted by atomic mass is 35.5. The molecule has 0 spiro atoms. The summed E-state index contributed by atoms with van der Waals surface area (Å²) in [5.74, 6) is 1.86. The van der Waals surface area contributed by atoms with Gasteiger partial charge in [0.15, 0.2) is 5.82 Å². The van der Waals surface area contributed by atoms with E-state index in [1.165, 1.54) is 0 Å². The predicted molar refractivity (Wildman–Crippen MR) is 77.5 cm³/mol. The van der Waals surface area contributed by atoms with Crippen molar-refractivity contribution in [2.24, 2.45) is 0 Å². The van der Waals surface area contributed by atoms with Crippen LogP contribution in [0.3, 0.4) is 0 Å². The van der Waals surface area contributed by atoms with E-state index in [0.29, 0.717) is 23.4 Å². The van der Waals surface area contributed by atoms with Crippen LogP contribution in [0.4, 0.5) is 17.5 Å². The molecule has 0 aliphatic rings. The van der Waals surface area contributed by atoms with Crippen molar-refractivity contribution in [2.45, 2.75) is 6.92 Å². The second-order valence-electron chi connectivity index (χ2n) is 3.73. The lowest BCUT2D eigenvalue weighted by Gasteiger charge is -2.10. The molecular weight excluding hydrogens is 264 g/mol. The van der Waals surface area contributed by atoms with E-state index in [0.717, 1.165) is 11.4 Å². The van der Waals surface area contributed by atoms with Crippen LogP contribution in [0.25, 0.3) is 0 Å². The molecule has 2 rings (SSSR count). The van der Waals surface area contributed by atoms with Crippen LogP contribution in [0.5, 0.6) is 5.75 Å². The van der Waals surface area contributed by atoms with Gasteiger partial charge in [0, 0.05) is 18.8 Å². The Bertz CT molecular complexity index is 562. The van der Waals surface area contributed by atoms with Gasteiger partial charge in [-0.05, 0) is 19.1 Å². The molecule has 100 valence electrons. The molecule has 0 saturated heterocycles. The first-order valence-corrected chi connectivity index (χ1v) is 6.31. The topological polar surface area (TPSA) is 59.1 Å². The lowest BCUT2D eigenvalue weighted by atomic mass is 10.3. The highest BCUT2D eigenvalue weighted by Crippen LogP contribution is 2.25. The highest BCUT2D eigenvalue weighted by molar-refractivity contribution is 6.32. The number of aromatic nitrogens is 2. The van der Waals surface area contributed by atoms with Gasteiger partial charge >= 0.3 is 0 Å². The van der Waals surface area contributed by atoms with Crippen molar-refractivity contribution in [3.63, 3.8) is 0 Å². The first-order valence-electron chi connectivity index (χ1n) is 5.93. The Kier molecular flexibility index (Phi) is 4.41. The van der Waals surface area contributed by atoms with Gasteiger partial charge in [0.05, 0.1) is 12.8 Å². The van der Waals surface area contributed by atoms with Crippen molar-refractivity contribution in [1.29, 1.82) is 0 Å². The number of hydrogen-bond donors (Lipinski definition) is 2. The Hall–Kier alpha value is -2.01. The molecule has 0 atom stereocenters. The maximum atomic E-state index is 6.06. The molecule has 19 heavy (non-hydrogen) atoms. The van der Waals surface area contributed by atoms with E-state index in [1.807, 2.05) is 31.2 Å². The molecule has 0 fully saturated rings. The smallest absolute Gasteiger partial charge is 0.224 e. The number of nitrogens with zero attached hydrogens (tertiary/aromatic N) is 2. The summed E-state index contributed by atoms with van der Waals surface area (Å²) in [6, 6.07) is 7.61. The minimum Gasteiger partial charge on any atom is -0.494 e. The second-order valence-corrected chi connectivity index (χ2v) is 4.13. The van der Waals surface area contributed by atoms with Crippen LogP contribution in [-0.2, 0) is 0 Å². The van der Waals surface area contributed by atoms with Gasteiger partial charge in [0.25, 0.3) is 0 Å². The van der Waals surface area contributed by atoms with Crippen molar-refractivity contribution in [2.75, 3.05) is 24.3 Å². The van der Waals surface area contributed by atoms with Crippen LogP contribution in [0.2, 0.25) is 5.02 Å². The molecular formula is C13H15ClN4O. The number of halogens is 1. The third kappa shape index (κ3) is 3.48. The van der Waals surface area contributed by atoms with E-state index in [1.54, 1.807) is 13.2 Å². The van der Waals surface area contributed by atoms with E-state index >= 15 is 0 Å². The summed E-state index contributed by atoms with van der Waals surface area (Å²) in [5, 5.41) is 6.47. The first kappa shape index (κ1) is 13.4. The predicted octanol–water partition coefficient (Wildman–Crippen LogP) is 3.31. The first-order chi connectivity index (χ1) is 9.22. The lowest BCUT2D eigenvalue weighted by molar-refractivity contribution is 0.340. The fourth-order valence-electron chi connectivity index (χ4n) is 1.54. The SMILES string of the molecule is CCOc1cccc(Nc2nc(NC)ncc2Cl)c1. The standard InChI is InChI=1S/C13H15ClN4O/c1-3-19-10-6-4-5-9(7-10)17-12-11(14)8-16-13(15-2)18-12/h4-8H,3H2,1-2H3,(H2,15,16,17,18). The van der Waals surface area contributed by atoms with Crippen molar-refractivity contribution in [3.05, 3.63) is 35.5 Å². The van der Waals surface area contributed by atoms with E-state index < -0.39 is 0 Å². The molecule has 1 aromatic heterocycles. The van der Waals surface area contributed by atoms with Crippen LogP contribution >= 0.6 is 11.6 Å². The van der Waals surface area contributed by atoms with E-state index in [-0.39, 0.29) is 0 Å². The fraction of sp³-hybridized carbons (Fsp3) is 0.231. The van der Waals surface area contributed by atoms with Crippen molar-refractivity contribution >= 4 is 29.1 Å². The van der Waals surface area contributed by atoms with Crippen molar-refractivity contribution < 1.29 is 4.74 Å². The molecule has 0 unspecified atom stereocenters.